The third-order valence-corrected chi connectivity index (χ3v) is 4.02. The summed E-state index contributed by atoms with van der Waals surface area (Å²) in [5.74, 6) is 1.23. The smallest absolute Gasteiger partial charge is 0.178 e. The summed E-state index contributed by atoms with van der Waals surface area (Å²) in [6.07, 6.45) is 4.60. The predicted octanol–water partition coefficient (Wildman–Crippen LogP) is 4.15. The quantitative estimate of drug-likeness (QED) is 0.648. The number of thioether (sulfide) groups is 1. The molecule has 2 aromatic rings. The van der Waals surface area contributed by atoms with Gasteiger partial charge in [-0.3, -0.25) is 0 Å². The summed E-state index contributed by atoms with van der Waals surface area (Å²) in [5.41, 5.74) is 3.68. The van der Waals surface area contributed by atoms with Crippen LogP contribution in [0.2, 0.25) is 0 Å². The van der Waals surface area contributed by atoms with Gasteiger partial charge in [-0.25, -0.2) is 0 Å². The molecule has 0 saturated carbocycles. The number of nitrogens with one attached hydrogen (secondary N) is 1. The Labute approximate surface area is 111 Å². The van der Waals surface area contributed by atoms with Crippen LogP contribution in [0.4, 0.5) is 0 Å². The van der Waals surface area contributed by atoms with Crippen molar-refractivity contribution in [3.05, 3.63) is 28.5 Å². The molecule has 0 saturated heterocycles. The fraction of sp³-hybridized carbons (Fsp3) is 0.462. The van der Waals surface area contributed by atoms with Crippen molar-refractivity contribution in [1.29, 1.82) is 0 Å². The molecule has 0 spiro atoms. The molecule has 0 radical (unpaired) electrons. The van der Waals surface area contributed by atoms with Gasteiger partial charge < -0.3 is 9.55 Å². The molecule has 1 aromatic heterocycles. The molecular weight excluding hydrogens is 248 g/mol. The number of rotatable bonds is 5. The van der Waals surface area contributed by atoms with Crippen LogP contribution in [0.15, 0.2) is 18.2 Å². The Morgan fingerprint density at radius 1 is 1.35 bits per heavy atom. The maximum absolute atomic E-state index is 5.39. The lowest BCUT2D eigenvalue weighted by atomic mass is 10.2. The summed E-state index contributed by atoms with van der Waals surface area (Å²) in [6, 6.07) is 6.35. The highest BCUT2D eigenvalue weighted by atomic mass is 32.2. The zero-order chi connectivity index (χ0) is 12.3. The van der Waals surface area contributed by atoms with E-state index in [0.717, 1.165) is 11.3 Å². The summed E-state index contributed by atoms with van der Waals surface area (Å²) in [5, 5.41) is 0. The Morgan fingerprint density at radius 2 is 2.18 bits per heavy atom. The molecule has 0 atom stereocenters. The van der Waals surface area contributed by atoms with Crippen LogP contribution in [0.3, 0.4) is 0 Å². The van der Waals surface area contributed by atoms with Crippen molar-refractivity contribution in [3.8, 4) is 0 Å². The van der Waals surface area contributed by atoms with Gasteiger partial charge in [-0.15, -0.1) is 0 Å². The molecule has 0 bridgehead atoms. The average molecular weight is 266 g/mol. The summed E-state index contributed by atoms with van der Waals surface area (Å²) in [6.45, 7) is 3.13. The van der Waals surface area contributed by atoms with E-state index in [0.29, 0.717) is 0 Å². The third-order valence-electron chi connectivity index (χ3n) is 3.00. The lowest BCUT2D eigenvalue weighted by molar-refractivity contribution is 0.643. The minimum Gasteiger partial charge on any atom is -0.330 e. The van der Waals surface area contributed by atoms with Gasteiger partial charge in [0.2, 0.25) is 0 Å². The maximum Gasteiger partial charge on any atom is 0.178 e. The summed E-state index contributed by atoms with van der Waals surface area (Å²) < 4.78 is 3.07. The van der Waals surface area contributed by atoms with E-state index in [2.05, 4.69) is 40.9 Å². The number of aromatic amines is 1. The zero-order valence-corrected chi connectivity index (χ0v) is 12.0. The van der Waals surface area contributed by atoms with Gasteiger partial charge >= 0.3 is 0 Å². The molecule has 1 heterocycles. The van der Waals surface area contributed by atoms with Crippen molar-refractivity contribution >= 4 is 35.0 Å². The summed E-state index contributed by atoms with van der Waals surface area (Å²) in [7, 11) is 0. The minimum atomic E-state index is 0.846. The molecular formula is C13H18N2S2. The van der Waals surface area contributed by atoms with Gasteiger partial charge in [-0.2, -0.15) is 11.8 Å². The highest BCUT2D eigenvalue weighted by molar-refractivity contribution is 7.98. The van der Waals surface area contributed by atoms with Crippen LogP contribution in [0.5, 0.6) is 0 Å². The van der Waals surface area contributed by atoms with Gasteiger partial charge in [-0.1, -0.05) is 12.1 Å². The van der Waals surface area contributed by atoms with E-state index in [1.807, 2.05) is 11.8 Å². The van der Waals surface area contributed by atoms with Gasteiger partial charge in [0.1, 0.15) is 0 Å². The predicted molar refractivity (Wildman–Crippen MR) is 79.5 cm³/mol. The van der Waals surface area contributed by atoms with Crippen LogP contribution in [0.1, 0.15) is 18.4 Å². The average Bonchev–Trinajstić information content (AvgIpc) is 2.63. The fourth-order valence-corrected chi connectivity index (χ4v) is 2.85. The van der Waals surface area contributed by atoms with E-state index in [1.165, 1.54) is 35.2 Å². The maximum atomic E-state index is 5.39. The molecule has 0 aliphatic carbocycles. The Hall–Kier alpha value is -0.740. The first-order chi connectivity index (χ1) is 8.24. The topological polar surface area (TPSA) is 20.7 Å². The molecule has 0 aliphatic heterocycles. The van der Waals surface area contributed by atoms with Crippen LogP contribution >= 0.6 is 24.0 Å². The lowest BCUT2D eigenvalue weighted by Gasteiger charge is -2.04. The van der Waals surface area contributed by atoms with E-state index >= 15 is 0 Å². The van der Waals surface area contributed by atoms with Gasteiger partial charge in [0.05, 0.1) is 11.0 Å². The first kappa shape index (κ1) is 12.7. The van der Waals surface area contributed by atoms with Gasteiger partial charge in [0, 0.05) is 6.54 Å². The van der Waals surface area contributed by atoms with Crippen molar-refractivity contribution in [3.63, 3.8) is 0 Å². The second kappa shape index (κ2) is 5.74. The number of aryl methyl sites for hydroxylation is 2. The number of benzene rings is 1. The highest BCUT2D eigenvalue weighted by Crippen LogP contribution is 2.18. The minimum absolute atomic E-state index is 0.846. The molecule has 0 fully saturated rings. The molecule has 2 rings (SSSR count). The Balaban J connectivity index is 2.25. The van der Waals surface area contributed by atoms with E-state index in [-0.39, 0.29) is 0 Å². The number of H-pyrrole nitrogens is 1. The SMILES string of the molecule is CSCCCCn1c(=S)[nH]c2c(C)cccc21. The van der Waals surface area contributed by atoms with Crippen LogP contribution in [0.25, 0.3) is 11.0 Å². The Bertz CT molecular complexity index is 554. The van der Waals surface area contributed by atoms with E-state index in [4.69, 9.17) is 12.2 Å². The van der Waals surface area contributed by atoms with Crippen molar-refractivity contribution in [2.24, 2.45) is 0 Å². The molecule has 4 heteroatoms. The monoisotopic (exact) mass is 266 g/mol. The Morgan fingerprint density at radius 3 is 2.94 bits per heavy atom. The number of hydrogen-bond acceptors (Lipinski definition) is 2. The fourth-order valence-electron chi connectivity index (χ4n) is 2.06. The van der Waals surface area contributed by atoms with Gasteiger partial charge in [-0.05, 0) is 55.6 Å². The number of fused-ring (bicyclic) bond motifs is 1. The molecule has 1 N–H and O–H groups in total. The van der Waals surface area contributed by atoms with E-state index in [1.54, 1.807) is 0 Å². The molecule has 92 valence electrons. The number of nitrogens with zero attached hydrogens (tertiary/aromatic N) is 1. The third kappa shape index (κ3) is 2.75. The molecule has 2 nitrogen and oxygen atoms in total. The Kier molecular flexibility index (Phi) is 4.29. The molecule has 0 amide bonds. The van der Waals surface area contributed by atoms with Crippen LogP contribution in [-0.4, -0.2) is 21.6 Å². The van der Waals surface area contributed by atoms with Gasteiger partial charge in [0.15, 0.2) is 4.77 Å². The van der Waals surface area contributed by atoms with Gasteiger partial charge in [0.25, 0.3) is 0 Å². The molecule has 17 heavy (non-hydrogen) atoms. The zero-order valence-electron chi connectivity index (χ0n) is 10.3. The normalized spacial score (nSPS) is 11.2. The van der Waals surface area contributed by atoms with Crippen LogP contribution in [-0.2, 0) is 6.54 Å². The van der Waals surface area contributed by atoms with E-state index < -0.39 is 0 Å². The number of imidazole rings is 1. The lowest BCUT2D eigenvalue weighted by Crippen LogP contribution is -1.98. The van der Waals surface area contributed by atoms with Crippen molar-refractivity contribution in [1.82, 2.24) is 9.55 Å². The summed E-state index contributed by atoms with van der Waals surface area (Å²) >= 11 is 7.30. The first-order valence-electron chi connectivity index (χ1n) is 5.91. The number of para-hydroxylation sites is 1. The second-order valence-electron chi connectivity index (χ2n) is 4.25. The molecule has 0 unspecified atom stereocenters. The summed E-state index contributed by atoms with van der Waals surface area (Å²) in [4.78, 5) is 3.31. The first-order valence-corrected chi connectivity index (χ1v) is 7.71. The largest absolute Gasteiger partial charge is 0.330 e. The van der Waals surface area contributed by atoms with Crippen LogP contribution in [0, 0.1) is 11.7 Å². The standard InChI is InChI=1S/C13H18N2S2/c1-10-6-5-7-11-12(10)14-13(16)15(11)8-3-4-9-17-2/h5-7H,3-4,8-9H2,1-2H3,(H,14,16). The van der Waals surface area contributed by atoms with Crippen molar-refractivity contribution in [2.75, 3.05) is 12.0 Å². The second-order valence-corrected chi connectivity index (χ2v) is 5.62. The highest BCUT2D eigenvalue weighted by Gasteiger charge is 2.05. The number of unbranched alkanes of at least 4 members (excludes halogenated alkanes) is 1. The number of aromatic nitrogens is 2. The number of hydrogen-bond donors (Lipinski definition) is 1. The molecule has 0 aliphatic rings. The van der Waals surface area contributed by atoms with Crippen molar-refractivity contribution < 1.29 is 0 Å². The molecule has 1 aromatic carbocycles. The van der Waals surface area contributed by atoms with Crippen molar-refractivity contribution in [2.45, 2.75) is 26.3 Å². The van der Waals surface area contributed by atoms with Crippen LogP contribution < -0.4 is 0 Å². The van der Waals surface area contributed by atoms with E-state index in [9.17, 15) is 0 Å².